The molecule has 1 aliphatic heterocycles. The van der Waals surface area contributed by atoms with Crippen LogP contribution in [0, 0.1) is 0 Å². The first-order valence-electron chi connectivity index (χ1n) is 7.56. The van der Waals surface area contributed by atoms with Crippen LogP contribution in [0.3, 0.4) is 0 Å². The molecular weight excluding hydrogens is 240 g/mol. The zero-order valence-corrected chi connectivity index (χ0v) is 12.9. The lowest BCUT2D eigenvalue weighted by Gasteiger charge is -2.41. The van der Waals surface area contributed by atoms with E-state index in [4.69, 9.17) is 5.73 Å². The highest BCUT2D eigenvalue weighted by Gasteiger charge is 2.27. The fourth-order valence-electron chi connectivity index (χ4n) is 2.71. The van der Waals surface area contributed by atoms with Gasteiger partial charge in [-0.25, -0.2) is 0 Å². The first-order chi connectivity index (χ1) is 9.08. The van der Waals surface area contributed by atoms with Crippen LogP contribution in [0.4, 0.5) is 0 Å². The van der Waals surface area contributed by atoms with Gasteiger partial charge in [0.05, 0.1) is 6.61 Å². The van der Waals surface area contributed by atoms with Gasteiger partial charge in [-0.2, -0.15) is 0 Å². The van der Waals surface area contributed by atoms with Crippen LogP contribution >= 0.6 is 0 Å². The molecule has 5 heteroatoms. The maximum Gasteiger partial charge on any atom is 0.0601 e. The normalized spacial score (nSPS) is 21.8. The van der Waals surface area contributed by atoms with Crippen LogP contribution in [0.5, 0.6) is 0 Å². The Morgan fingerprint density at radius 2 is 1.84 bits per heavy atom. The van der Waals surface area contributed by atoms with Crippen LogP contribution in [0.15, 0.2) is 0 Å². The predicted octanol–water partition coefficient (Wildman–Crippen LogP) is -0.346. The summed E-state index contributed by atoms with van der Waals surface area (Å²) in [5, 5.41) is 9.58. The maximum absolute atomic E-state index is 9.58. The molecule has 0 aliphatic carbocycles. The Bertz CT molecular complexity index is 229. The van der Waals surface area contributed by atoms with E-state index in [1.54, 1.807) is 0 Å². The quantitative estimate of drug-likeness (QED) is 0.633. The number of nitrogens with two attached hydrogens (primary N) is 1. The summed E-state index contributed by atoms with van der Waals surface area (Å²) in [6, 6.07) is 0.235. The van der Waals surface area contributed by atoms with Crippen molar-refractivity contribution in [3.05, 3.63) is 0 Å². The molecule has 1 saturated heterocycles. The van der Waals surface area contributed by atoms with E-state index >= 15 is 0 Å². The molecule has 5 nitrogen and oxygen atoms in total. The van der Waals surface area contributed by atoms with Gasteiger partial charge in [0, 0.05) is 51.4 Å². The Morgan fingerprint density at radius 1 is 1.21 bits per heavy atom. The summed E-state index contributed by atoms with van der Waals surface area (Å²) in [6.45, 7) is 8.79. The molecular formula is C14H32N4O. The molecule has 0 bridgehead atoms. The lowest BCUT2D eigenvalue weighted by atomic mass is 10.0. The van der Waals surface area contributed by atoms with E-state index in [2.05, 4.69) is 35.7 Å². The molecule has 1 rings (SSSR count). The summed E-state index contributed by atoms with van der Waals surface area (Å²) in [5.74, 6) is 0. The van der Waals surface area contributed by atoms with E-state index in [0.29, 0.717) is 0 Å². The van der Waals surface area contributed by atoms with Crippen LogP contribution in [0.25, 0.3) is 0 Å². The third-order valence-electron chi connectivity index (χ3n) is 4.04. The lowest BCUT2D eigenvalue weighted by Crippen LogP contribution is -2.57. The Morgan fingerprint density at radius 3 is 2.32 bits per heavy atom. The van der Waals surface area contributed by atoms with Crippen LogP contribution in [-0.2, 0) is 0 Å². The summed E-state index contributed by atoms with van der Waals surface area (Å²) in [7, 11) is 4.23. The van der Waals surface area contributed by atoms with Crippen LogP contribution in [0.2, 0.25) is 0 Å². The zero-order valence-electron chi connectivity index (χ0n) is 12.9. The molecule has 2 unspecified atom stereocenters. The van der Waals surface area contributed by atoms with Gasteiger partial charge >= 0.3 is 0 Å². The summed E-state index contributed by atoms with van der Waals surface area (Å²) in [6.07, 6.45) is 2.08. The molecule has 1 heterocycles. The number of likely N-dealkylation sites (N-methyl/N-ethyl adjacent to an activating group) is 1. The first-order valence-corrected chi connectivity index (χ1v) is 7.56. The van der Waals surface area contributed by atoms with Gasteiger partial charge in [-0.1, -0.05) is 13.3 Å². The van der Waals surface area contributed by atoms with Gasteiger partial charge in [-0.15, -0.1) is 0 Å². The second kappa shape index (κ2) is 8.87. The molecule has 0 aromatic heterocycles. The number of aliphatic hydroxyl groups excluding tert-OH is 1. The largest absolute Gasteiger partial charge is 0.395 e. The minimum atomic E-state index is 0.100. The van der Waals surface area contributed by atoms with Crippen molar-refractivity contribution in [3.8, 4) is 0 Å². The van der Waals surface area contributed by atoms with Gasteiger partial charge in [0.2, 0.25) is 0 Å². The number of aliphatic hydroxyl groups is 1. The molecule has 0 radical (unpaired) electrons. The smallest absolute Gasteiger partial charge is 0.0601 e. The first kappa shape index (κ1) is 16.9. The fraction of sp³-hybridized carbons (Fsp3) is 1.00. The molecule has 1 fully saturated rings. The van der Waals surface area contributed by atoms with E-state index in [1.807, 2.05) is 0 Å². The average molecular weight is 272 g/mol. The van der Waals surface area contributed by atoms with E-state index in [0.717, 1.165) is 52.1 Å². The van der Waals surface area contributed by atoms with Crippen molar-refractivity contribution in [3.63, 3.8) is 0 Å². The van der Waals surface area contributed by atoms with E-state index in [-0.39, 0.29) is 18.7 Å². The molecule has 3 N–H and O–H groups in total. The number of rotatable bonds is 8. The van der Waals surface area contributed by atoms with Crippen molar-refractivity contribution >= 4 is 0 Å². The lowest BCUT2D eigenvalue weighted by molar-refractivity contribution is 0.0500. The Kier molecular flexibility index (Phi) is 7.87. The van der Waals surface area contributed by atoms with Crippen molar-refractivity contribution in [1.82, 2.24) is 14.7 Å². The number of hydrogen-bond donors (Lipinski definition) is 2. The Labute approximate surface area is 118 Å². The van der Waals surface area contributed by atoms with Gasteiger partial charge in [0.15, 0.2) is 0 Å². The fourth-order valence-corrected chi connectivity index (χ4v) is 2.71. The molecule has 19 heavy (non-hydrogen) atoms. The van der Waals surface area contributed by atoms with Gasteiger partial charge in [-0.05, 0) is 20.5 Å². The second-order valence-corrected chi connectivity index (χ2v) is 5.88. The SMILES string of the molecule is CCCC(N)C(CO)N1CCN(CCN(C)C)CC1. The zero-order chi connectivity index (χ0) is 14.3. The van der Waals surface area contributed by atoms with E-state index in [1.165, 1.54) is 0 Å². The summed E-state index contributed by atoms with van der Waals surface area (Å²) < 4.78 is 0. The van der Waals surface area contributed by atoms with E-state index in [9.17, 15) is 5.11 Å². The van der Waals surface area contributed by atoms with Gasteiger partial charge < -0.3 is 15.7 Å². The molecule has 0 aromatic rings. The van der Waals surface area contributed by atoms with Gasteiger partial charge in [0.25, 0.3) is 0 Å². The Balaban J connectivity index is 2.34. The minimum Gasteiger partial charge on any atom is -0.395 e. The molecule has 0 amide bonds. The summed E-state index contributed by atoms with van der Waals surface area (Å²) >= 11 is 0. The van der Waals surface area contributed by atoms with Crippen LogP contribution in [-0.4, -0.2) is 91.9 Å². The Hall–Kier alpha value is -0.200. The van der Waals surface area contributed by atoms with Crippen molar-refractivity contribution < 1.29 is 5.11 Å². The van der Waals surface area contributed by atoms with E-state index < -0.39 is 0 Å². The third kappa shape index (κ3) is 5.75. The topological polar surface area (TPSA) is 56.0 Å². The average Bonchev–Trinajstić information content (AvgIpc) is 2.39. The molecule has 0 saturated carbocycles. The van der Waals surface area contributed by atoms with Crippen molar-refractivity contribution in [2.24, 2.45) is 5.73 Å². The molecule has 114 valence electrons. The molecule has 2 atom stereocenters. The summed E-state index contributed by atoms with van der Waals surface area (Å²) in [5.41, 5.74) is 6.18. The second-order valence-electron chi connectivity index (χ2n) is 5.88. The summed E-state index contributed by atoms with van der Waals surface area (Å²) in [4.78, 5) is 7.09. The monoisotopic (exact) mass is 272 g/mol. The van der Waals surface area contributed by atoms with Gasteiger partial charge in [-0.3, -0.25) is 9.80 Å². The number of piperazine rings is 1. The van der Waals surface area contributed by atoms with Gasteiger partial charge in [0.1, 0.15) is 0 Å². The van der Waals surface area contributed by atoms with Crippen molar-refractivity contribution in [2.75, 3.05) is 60.0 Å². The third-order valence-corrected chi connectivity index (χ3v) is 4.04. The molecule has 0 spiro atoms. The number of hydrogen-bond acceptors (Lipinski definition) is 5. The minimum absolute atomic E-state index is 0.100. The highest BCUT2D eigenvalue weighted by Crippen LogP contribution is 2.11. The van der Waals surface area contributed by atoms with Crippen molar-refractivity contribution in [1.29, 1.82) is 0 Å². The predicted molar refractivity (Wildman–Crippen MR) is 80.3 cm³/mol. The maximum atomic E-state index is 9.58. The number of nitrogens with zero attached hydrogens (tertiary/aromatic N) is 3. The highest BCUT2D eigenvalue weighted by molar-refractivity contribution is 4.85. The highest BCUT2D eigenvalue weighted by atomic mass is 16.3. The van der Waals surface area contributed by atoms with Crippen LogP contribution in [0.1, 0.15) is 19.8 Å². The van der Waals surface area contributed by atoms with Crippen LogP contribution < -0.4 is 5.73 Å². The standard InChI is InChI=1S/C14H32N4O/c1-4-5-13(15)14(12-19)18-10-8-17(9-11-18)7-6-16(2)3/h13-14,19H,4-12,15H2,1-3H3. The van der Waals surface area contributed by atoms with Crippen molar-refractivity contribution in [2.45, 2.75) is 31.8 Å². The molecule has 0 aromatic carbocycles. The molecule has 1 aliphatic rings.